The third-order valence-electron chi connectivity index (χ3n) is 1.02. The smallest absolute Gasteiger partial charge is 0.168 e. The van der Waals surface area contributed by atoms with Crippen molar-refractivity contribution in [1.29, 1.82) is 0 Å². The van der Waals surface area contributed by atoms with Gasteiger partial charge in [-0.3, -0.25) is 4.79 Å². The Bertz CT molecular complexity index is 113. The lowest BCUT2D eigenvalue weighted by molar-refractivity contribution is -0.120. The summed E-state index contributed by atoms with van der Waals surface area (Å²) in [5.74, 6) is 2.48. The Balaban J connectivity index is 3.17. The van der Waals surface area contributed by atoms with E-state index in [1.54, 1.807) is 18.9 Å². The molecule has 0 saturated carbocycles. The number of carbonyl (C=O) groups excluding carboxylic acids is 1. The minimum Gasteiger partial charge on any atom is -0.377 e. The van der Waals surface area contributed by atoms with Crippen molar-refractivity contribution in [1.82, 2.24) is 0 Å². The molecule has 0 radical (unpaired) electrons. The molecule has 0 aliphatic rings. The van der Waals surface area contributed by atoms with Crippen LogP contribution in [0, 0.1) is 5.92 Å². The molecular weight excluding hydrogens is 160 g/mol. The van der Waals surface area contributed by atoms with Gasteiger partial charge < -0.3 is 4.74 Å². The number of ether oxygens (including phenoxy) is 1. The fourth-order valence-corrected chi connectivity index (χ4v) is 1.51. The van der Waals surface area contributed by atoms with Crippen LogP contribution in [0.1, 0.15) is 13.8 Å². The highest BCUT2D eigenvalue weighted by Crippen LogP contribution is 2.06. The van der Waals surface area contributed by atoms with E-state index in [-0.39, 0.29) is 12.4 Å². The van der Waals surface area contributed by atoms with E-state index in [4.69, 9.17) is 4.74 Å². The predicted molar refractivity (Wildman–Crippen MR) is 49.0 cm³/mol. The summed E-state index contributed by atoms with van der Waals surface area (Å²) in [5, 5.41) is 0. The van der Waals surface area contributed by atoms with Gasteiger partial charge in [0.2, 0.25) is 0 Å². The minimum absolute atomic E-state index is 0.179. The van der Waals surface area contributed by atoms with Crippen molar-refractivity contribution >= 4 is 17.5 Å². The van der Waals surface area contributed by atoms with Crippen LogP contribution in [0.2, 0.25) is 0 Å². The molecule has 0 aromatic heterocycles. The van der Waals surface area contributed by atoms with E-state index in [2.05, 4.69) is 13.8 Å². The molecule has 0 heterocycles. The number of hydrogen-bond donors (Lipinski definition) is 0. The Kier molecular flexibility index (Phi) is 6.66. The molecular formula is C8H16O2S. The highest BCUT2D eigenvalue weighted by atomic mass is 32.2. The third kappa shape index (κ3) is 7.88. The highest BCUT2D eigenvalue weighted by Gasteiger charge is 2.01. The average Bonchev–Trinajstić information content (AvgIpc) is 1.87. The van der Waals surface area contributed by atoms with E-state index in [0.717, 1.165) is 5.75 Å². The van der Waals surface area contributed by atoms with Gasteiger partial charge in [0.15, 0.2) is 5.78 Å². The maximum absolute atomic E-state index is 10.9. The number of carbonyl (C=O) groups is 1. The molecule has 0 spiro atoms. The molecule has 0 fully saturated rings. The zero-order chi connectivity index (χ0) is 8.69. The summed E-state index contributed by atoms with van der Waals surface area (Å²) in [6.45, 7) is 4.55. The fraction of sp³-hybridized carbons (Fsp3) is 0.875. The molecule has 0 unspecified atom stereocenters. The molecule has 0 saturated heterocycles. The molecule has 0 N–H and O–H groups in total. The Hall–Kier alpha value is -0.0200. The maximum atomic E-state index is 10.9. The number of thioether (sulfide) groups is 1. The van der Waals surface area contributed by atoms with Gasteiger partial charge in [-0.1, -0.05) is 13.8 Å². The first-order chi connectivity index (χ1) is 5.16. The molecule has 0 atom stereocenters. The van der Waals surface area contributed by atoms with Crippen molar-refractivity contribution in [3.63, 3.8) is 0 Å². The van der Waals surface area contributed by atoms with Gasteiger partial charge in [0.1, 0.15) is 6.61 Å². The Morgan fingerprint density at radius 3 is 2.64 bits per heavy atom. The second-order valence-corrected chi connectivity index (χ2v) is 3.91. The van der Waals surface area contributed by atoms with Crippen LogP contribution < -0.4 is 0 Å². The summed E-state index contributed by atoms with van der Waals surface area (Å²) < 4.78 is 4.70. The number of Topliss-reactive ketones (excluding diaryl/α,β-unsaturated/α-hetero) is 1. The quantitative estimate of drug-likeness (QED) is 0.615. The van der Waals surface area contributed by atoms with Gasteiger partial charge in [-0.15, -0.1) is 0 Å². The van der Waals surface area contributed by atoms with Crippen LogP contribution in [0.3, 0.4) is 0 Å². The van der Waals surface area contributed by atoms with Gasteiger partial charge in [-0.2, -0.15) is 11.8 Å². The molecule has 0 bridgehead atoms. The minimum atomic E-state index is 0.179. The zero-order valence-electron chi connectivity index (χ0n) is 7.42. The maximum Gasteiger partial charge on any atom is 0.168 e. The summed E-state index contributed by atoms with van der Waals surface area (Å²) in [5.41, 5.74) is 0. The molecule has 2 nitrogen and oxygen atoms in total. The van der Waals surface area contributed by atoms with E-state index in [1.165, 1.54) is 0 Å². The van der Waals surface area contributed by atoms with Crippen molar-refractivity contribution in [3.8, 4) is 0 Å². The SMILES string of the molecule is COCC(=O)CSCC(C)C. The van der Waals surface area contributed by atoms with Crippen molar-refractivity contribution < 1.29 is 9.53 Å². The van der Waals surface area contributed by atoms with E-state index >= 15 is 0 Å². The first-order valence-electron chi connectivity index (χ1n) is 3.75. The van der Waals surface area contributed by atoms with Gasteiger partial charge in [-0.05, 0) is 11.7 Å². The van der Waals surface area contributed by atoms with Crippen LogP contribution in [0.4, 0.5) is 0 Å². The van der Waals surface area contributed by atoms with Gasteiger partial charge >= 0.3 is 0 Å². The molecule has 0 aromatic carbocycles. The van der Waals surface area contributed by atoms with Gasteiger partial charge in [0, 0.05) is 7.11 Å². The van der Waals surface area contributed by atoms with E-state index < -0.39 is 0 Å². The predicted octanol–water partition coefficient (Wildman–Crippen LogP) is 1.59. The number of methoxy groups -OCH3 is 1. The van der Waals surface area contributed by atoms with Gasteiger partial charge in [0.25, 0.3) is 0 Å². The first-order valence-corrected chi connectivity index (χ1v) is 4.90. The lowest BCUT2D eigenvalue weighted by Crippen LogP contribution is -2.10. The largest absolute Gasteiger partial charge is 0.377 e. The molecule has 66 valence electrons. The Morgan fingerprint density at radius 2 is 2.18 bits per heavy atom. The van der Waals surface area contributed by atoms with Crippen LogP contribution in [0.25, 0.3) is 0 Å². The topological polar surface area (TPSA) is 26.3 Å². The molecule has 3 heteroatoms. The van der Waals surface area contributed by atoms with Crippen LogP contribution in [-0.2, 0) is 9.53 Å². The fourth-order valence-electron chi connectivity index (χ4n) is 0.611. The van der Waals surface area contributed by atoms with Crippen molar-refractivity contribution in [2.24, 2.45) is 5.92 Å². The lowest BCUT2D eigenvalue weighted by Gasteiger charge is -2.02. The monoisotopic (exact) mass is 176 g/mol. The van der Waals surface area contributed by atoms with Crippen molar-refractivity contribution in [2.75, 3.05) is 25.2 Å². The third-order valence-corrected chi connectivity index (χ3v) is 2.45. The van der Waals surface area contributed by atoms with Crippen LogP contribution in [0.15, 0.2) is 0 Å². The van der Waals surface area contributed by atoms with Crippen molar-refractivity contribution in [3.05, 3.63) is 0 Å². The van der Waals surface area contributed by atoms with E-state index in [1.807, 2.05) is 0 Å². The summed E-state index contributed by atoms with van der Waals surface area (Å²) in [6, 6.07) is 0. The first kappa shape index (κ1) is 11.0. The van der Waals surface area contributed by atoms with Crippen LogP contribution >= 0.6 is 11.8 Å². The average molecular weight is 176 g/mol. The van der Waals surface area contributed by atoms with E-state index in [0.29, 0.717) is 11.7 Å². The summed E-state index contributed by atoms with van der Waals surface area (Å²) in [4.78, 5) is 10.9. The normalized spacial score (nSPS) is 10.5. The lowest BCUT2D eigenvalue weighted by atomic mass is 10.3. The second-order valence-electron chi connectivity index (χ2n) is 2.88. The Morgan fingerprint density at radius 1 is 1.55 bits per heavy atom. The van der Waals surface area contributed by atoms with Crippen LogP contribution in [0.5, 0.6) is 0 Å². The van der Waals surface area contributed by atoms with Crippen LogP contribution in [-0.4, -0.2) is 31.0 Å². The van der Waals surface area contributed by atoms with E-state index in [9.17, 15) is 4.79 Å². The highest BCUT2D eigenvalue weighted by molar-refractivity contribution is 7.99. The second kappa shape index (κ2) is 6.68. The molecule has 0 aromatic rings. The summed E-state index contributed by atoms with van der Waals surface area (Å²) >= 11 is 1.68. The molecule has 11 heavy (non-hydrogen) atoms. The Labute approximate surface area is 72.7 Å². The molecule has 0 amide bonds. The van der Waals surface area contributed by atoms with Gasteiger partial charge in [-0.25, -0.2) is 0 Å². The van der Waals surface area contributed by atoms with Gasteiger partial charge in [0.05, 0.1) is 5.75 Å². The standard InChI is InChI=1S/C8H16O2S/c1-7(2)5-11-6-8(9)4-10-3/h7H,4-6H2,1-3H3. The number of ketones is 1. The number of hydrogen-bond acceptors (Lipinski definition) is 3. The van der Waals surface area contributed by atoms with Crippen molar-refractivity contribution in [2.45, 2.75) is 13.8 Å². The molecule has 0 aliphatic heterocycles. The zero-order valence-corrected chi connectivity index (χ0v) is 8.24. The molecule has 0 aliphatic carbocycles. The number of rotatable bonds is 6. The summed E-state index contributed by atoms with van der Waals surface area (Å²) in [7, 11) is 1.55. The molecule has 0 rings (SSSR count). The summed E-state index contributed by atoms with van der Waals surface area (Å²) in [6.07, 6.45) is 0.